The molecule has 0 unspecified atom stereocenters. The van der Waals surface area contributed by atoms with Crippen molar-refractivity contribution in [2.45, 2.75) is 55.8 Å². The van der Waals surface area contributed by atoms with Gasteiger partial charge in [-0.3, -0.25) is 0 Å². The van der Waals surface area contributed by atoms with Crippen molar-refractivity contribution in [3.8, 4) is 0 Å². The van der Waals surface area contributed by atoms with E-state index in [4.69, 9.17) is 0 Å². The molecule has 21 heavy (non-hydrogen) atoms. The summed E-state index contributed by atoms with van der Waals surface area (Å²) in [7, 11) is -3.41. The van der Waals surface area contributed by atoms with E-state index in [9.17, 15) is 13.5 Å². The molecular formula is C15H24N2O3S. The minimum absolute atomic E-state index is 0.102. The van der Waals surface area contributed by atoms with Gasteiger partial charge < -0.3 is 10.4 Å². The predicted molar refractivity (Wildman–Crippen MR) is 83.0 cm³/mol. The molecule has 2 N–H and O–H groups in total. The summed E-state index contributed by atoms with van der Waals surface area (Å²) in [5, 5.41) is 12.8. The molecule has 6 heteroatoms. The Morgan fingerprint density at radius 2 is 2.05 bits per heavy atom. The van der Waals surface area contributed by atoms with E-state index >= 15 is 0 Å². The number of pyridine rings is 1. The van der Waals surface area contributed by atoms with Crippen molar-refractivity contribution in [2.24, 2.45) is 5.92 Å². The van der Waals surface area contributed by atoms with Crippen molar-refractivity contribution >= 4 is 15.5 Å². The van der Waals surface area contributed by atoms with Crippen LogP contribution in [-0.4, -0.2) is 35.9 Å². The molecule has 118 valence electrons. The van der Waals surface area contributed by atoms with Crippen LogP contribution in [0.15, 0.2) is 23.4 Å². The van der Waals surface area contributed by atoms with Crippen LogP contribution in [0.5, 0.6) is 0 Å². The van der Waals surface area contributed by atoms with E-state index in [0.29, 0.717) is 0 Å². The number of hydrogen-bond donors (Lipinski definition) is 2. The quantitative estimate of drug-likeness (QED) is 0.891. The number of aliphatic hydroxyl groups excluding tert-OH is 1. The van der Waals surface area contributed by atoms with E-state index in [2.05, 4.69) is 10.3 Å². The summed E-state index contributed by atoms with van der Waals surface area (Å²) in [6, 6.07) is 3.53. The second-order valence-corrected chi connectivity index (χ2v) is 9.28. The summed E-state index contributed by atoms with van der Waals surface area (Å²) >= 11 is 0. The van der Waals surface area contributed by atoms with Gasteiger partial charge in [-0.05, 0) is 45.7 Å². The molecule has 0 bridgehead atoms. The van der Waals surface area contributed by atoms with Crippen LogP contribution in [0.3, 0.4) is 0 Å². The van der Waals surface area contributed by atoms with Crippen LogP contribution in [0.4, 0.5) is 5.69 Å². The van der Waals surface area contributed by atoms with Gasteiger partial charge in [-0.25, -0.2) is 13.4 Å². The number of sulfone groups is 1. The van der Waals surface area contributed by atoms with E-state index in [1.165, 1.54) is 0 Å². The van der Waals surface area contributed by atoms with Crippen molar-refractivity contribution in [1.82, 2.24) is 4.98 Å². The van der Waals surface area contributed by atoms with E-state index in [-0.39, 0.29) is 23.6 Å². The molecule has 0 spiro atoms. The highest BCUT2D eigenvalue weighted by Gasteiger charge is 2.32. The summed E-state index contributed by atoms with van der Waals surface area (Å²) < 4.78 is 23.7. The summed E-state index contributed by atoms with van der Waals surface area (Å²) in [6.45, 7) is 5.18. The fraction of sp³-hybridized carbons (Fsp3) is 0.667. The molecule has 1 saturated carbocycles. The third kappa shape index (κ3) is 3.37. The highest BCUT2D eigenvalue weighted by atomic mass is 32.2. The molecule has 0 radical (unpaired) electrons. The fourth-order valence-corrected chi connectivity index (χ4v) is 3.66. The second-order valence-electron chi connectivity index (χ2n) is 6.63. The predicted octanol–water partition coefficient (Wildman–Crippen LogP) is 2.23. The molecule has 2 atom stereocenters. The van der Waals surface area contributed by atoms with Crippen molar-refractivity contribution in [3.63, 3.8) is 0 Å². The zero-order valence-corrected chi connectivity index (χ0v) is 13.7. The molecule has 0 aliphatic heterocycles. The molecule has 1 aliphatic rings. The lowest BCUT2D eigenvalue weighted by molar-refractivity contribution is 0.222. The van der Waals surface area contributed by atoms with Gasteiger partial charge in [-0.2, -0.15) is 0 Å². The lowest BCUT2D eigenvalue weighted by Gasteiger charge is -2.21. The van der Waals surface area contributed by atoms with Gasteiger partial charge in [-0.15, -0.1) is 0 Å². The van der Waals surface area contributed by atoms with E-state index in [1.807, 2.05) is 0 Å². The monoisotopic (exact) mass is 312 g/mol. The molecule has 1 heterocycles. The SMILES string of the molecule is CC(C)(C)S(=O)(=O)c1ccc(N[C@H]2CCC[C@@H]2CO)cn1. The number of hydrogen-bond acceptors (Lipinski definition) is 5. The van der Waals surface area contributed by atoms with Crippen LogP contribution in [0.1, 0.15) is 40.0 Å². The molecule has 1 aromatic heterocycles. The van der Waals surface area contributed by atoms with Gasteiger partial charge in [-0.1, -0.05) is 6.42 Å². The maximum atomic E-state index is 12.3. The molecular weight excluding hydrogens is 288 g/mol. The maximum Gasteiger partial charge on any atom is 0.200 e. The molecule has 2 rings (SSSR count). The summed E-state index contributed by atoms with van der Waals surface area (Å²) in [5.41, 5.74) is 0.799. The first-order valence-electron chi connectivity index (χ1n) is 7.34. The Bertz CT molecular complexity index is 576. The zero-order valence-electron chi connectivity index (χ0n) is 12.8. The maximum absolute atomic E-state index is 12.3. The largest absolute Gasteiger partial charge is 0.396 e. The van der Waals surface area contributed by atoms with Gasteiger partial charge >= 0.3 is 0 Å². The van der Waals surface area contributed by atoms with Crippen molar-refractivity contribution < 1.29 is 13.5 Å². The lowest BCUT2D eigenvalue weighted by atomic mass is 10.1. The average molecular weight is 312 g/mol. The van der Waals surface area contributed by atoms with Gasteiger partial charge in [0.15, 0.2) is 14.9 Å². The van der Waals surface area contributed by atoms with E-state index in [1.54, 1.807) is 39.1 Å². The summed E-state index contributed by atoms with van der Waals surface area (Å²) in [5.74, 6) is 0.267. The Hall–Kier alpha value is -1.14. The molecule has 1 aromatic rings. The number of nitrogens with zero attached hydrogens (tertiary/aromatic N) is 1. The topological polar surface area (TPSA) is 79.3 Å². The molecule has 0 aromatic carbocycles. The van der Waals surface area contributed by atoms with Crippen LogP contribution in [-0.2, 0) is 9.84 Å². The Kier molecular flexibility index (Phi) is 4.58. The highest BCUT2D eigenvalue weighted by Crippen LogP contribution is 2.29. The Morgan fingerprint density at radius 3 is 2.57 bits per heavy atom. The molecule has 5 nitrogen and oxygen atoms in total. The Balaban J connectivity index is 2.13. The van der Waals surface area contributed by atoms with E-state index in [0.717, 1.165) is 24.9 Å². The lowest BCUT2D eigenvalue weighted by Crippen LogP contribution is -2.29. The second kappa shape index (κ2) is 5.93. The average Bonchev–Trinajstić information content (AvgIpc) is 2.85. The number of nitrogens with one attached hydrogen (secondary N) is 1. The van der Waals surface area contributed by atoms with Gasteiger partial charge in [0.1, 0.15) is 0 Å². The smallest absolute Gasteiger partial charge is 0.200 e. The first kappa shape index (κ1) is 16.2. The fourth-order valence-electron chi connectivity index (χ4n) is 2.60. The normalized spacial score (nSPS) is 23.2. The molecule has 1 fully saturated rings. The standard InChI is InChI=1S/C15H24N2O3S/c1-15(2,3)21(19,20)14-8-7-12(9-16-14)17-13-6-4-5-11(13)10-18/h7-9,11,13,17-18H,4-6,10H2,1-3H3/t11-,13+/m1/s1. The van der Waals surface area contributed by atoms with Crippen LogP contribution >= 0.6 is 0 Å². The van der Waals surface area contributed by atoms with Crippen LogP contribution in [0, 0.1) is 5.92 Å². The highest BCUT2D eigenvalue weighted by molar-refractivity contribution is 7.92. The zero-order chi connectivity index (χ0) is 15.7. The van der Waals surface area contributed by atoms with Crippen molar-refractivity contribution in [2.75, 3.05) is 11.9 Å². The van der Waals surface area contributed by atoms with Crippen LogP contribution in [0.25, 0.3) is 0 Å². The van der Waals surface area contributed by atoms with Crippen LogP contribution < -0.4 is 5.32 Å². The third-order valence-electron chi connectivity index (χ3n) is 4.06. The number of rotatable bonds is 4. The molecule has 1 aliphatic carbocycles. The van der Waals surface area contributed by atoms with E-state index < -0.39 is 14.6 Å². The van der Waals surface area contributed by atoms with Gasteiger partial charge in [0.25, 0.3) is 0 Å². The first-order valence-corrected chi connectivity index (χ1v) is 8.82. The van der Waals surface area contributed by atoms with Crippen LogP contribution in [0.2, 0.25) is 0 Å². The Morgan fingerprint density at radius 1 is 1.33 bits per heavy atom. The van der Waals surface area contributed by atoms with Gasteiger partial charge in [0.2, 0.25) is 0 Å². The Labute approximate surface area is 126 Å². The van der Waals surface area contributed by atoms with Crippen molar-refractivity contribution in [3.05, 3.63) is 18.3 Å². The minimum Gasteiger partial charge on any atom is -0.396 e. The molecule has 0 amide bonds. The molecule has 0 saturated heterocycles. The summed E-state index contributed by atoms with van der Waals surface area (Å²) in [6.07, 6.45) is 4.71. The van der Waals surface area contributed by atoms with Gasteiger partial charge in [0.05, 0.1) is 16.6 Å². The first-order chi connectivity index (χ1) is 9.75. The number of aliphatic hydroxyl groups is 1. The number of aromatic nitrogens is 1. The third-order valence-corrected chi connectivity index (χ3v) is 6.47. The number of anilines is 1. The summed E-state index contributed by atoms with van der Waals surface area (Å²) in [4.78, 5) is 4.10. The van der Waals surface area contributed by atoms with Crippen molar-refractivity contribution in [1.29, 1.82) is 0 Å². The minimum atomic E-state index is -3.41. The van der Waals surface area contributed by atoms with Gasteiger partial charge in [0, 0.05) is 18.6 Å².